The quantitative estimate of drug-likeness (QED) is 0.517. The van der Waals surface area contributed by atoms with Crippen LogP contribution in [0.5, 0.6) is 5.75 Å². The van der Waals surface area contributed by atoms with Gasteiger partial charge in [-0.05, 0) is 47.9 Å². The van der Waals surface area contributed by atoms with Crippen LogP contribution in [0.3, 0.4) is 0 Å². The molecule has 0 aliphatic carbocycles. The molecule has 0 saturated carbocycles. The standard InChI is InChI=1S/C22H15NO4/c24-14-27-18-10-11-19-20(13-18)22(26)23(21(19)25)17-8-6-16(7-9-17)12-15-4-2-1-3-5-15/h1-11,13-14H,12H2. The first kappa shape index (κ1) is 16.7. The van der Waals surface area contributed by atoms with E-state index in [1.54, 1.807) is 12.1 Å². The summed E-state index contributed by atoms with van der Waals surface area (Å²) in [7, 11) is 0. The van der Waals surface area contributed by atoms with E-state index in [0.29, 0.717) is 11.3 Å². The van der Waals surface area contributed by atoms with Crippen LogP contribution in [0, 0.1) is 0 Å². The second kappa shape index (κ2) is 6.88. The van der Waals surface area contributed by atoms with E-state index in [-0.39, 0.29) is 23.7 Å². The van der Waals surface area contributed by atoms with Crippen molar-refractivity contribution in [1.82, 2.24) is 0 Å². The number of anilines is 1. The zero-order valence-corrected chi connectivity index (χ0v) is 14.3. The van der Waals surface area contributed by atoms with Crippen LogP contribution in [-0.2, 0) is 11.2 Å². The molecule has 0 N–H and O–H groups in total. The van der Waals surface area contributed by atoms with Gasteiger partial charge in [-0.1, -0.05) is 42.5 Å². The molecule has 3 aromatic carbocycles. The summed E-state index contributed by atoms with van der Waals surface area (Å²) in [5.74, 6) is -0.587. The highest BCUT2D eigenvalue weighted by atomic mass is 16.5. The number of carbonyl (C=O) groups excluding carboxylic acids is 3. The molecule has 0 radical (unpaired) electrons. The minimum absolute atomic E-state index is 0.227. The Balaban J connectivity index is 1.59. The first-order valence-corrected chi connectivity index (χ1v) is 8.43. The van der Waals surface area contributed by atoms with Gasteiger partial charge in [0.15, 0.2) is 0 Å². The molecule has 1 aliphatic heterocycles. The molecule has 0 aromatic heterocycles. The number of amides is 2. The van der Waals surface area contributed by atoms with Crippen LogP contribution < -0.4 is 9.64 Å². The molecule has 27 heavy (non-hydrogen) atoms. The summed E-state index contributed by atoms with van der Waals surface area (Å²) in [6.07, 6.45) is 0.773. The number of ether oxygens (including phenoxy) is 1. The van der Waals surface area contributed by atoms with Gasteiger partial charge in [0.05, 0.1) is 16.8 Å². The number of nitrogens with zero attached hydrogens (tertiary/aromatic N) is 1. The lowest BCUT2D eigenvalue weighted by Gasteiger charge is -2.14. The Morgan fingerprint density at radius 3 is 2.15 bits per heavy atom. The Hall–Kier alpha value is -3.73. The molecule has 0 atom stereocenters. The maximum atomic E-state index is 12.7. The Labute approximate surface area is 155 Å². The number of hydrogen-bond donors (Lipinski definition) is 0. The third-order valence-electron chi connectivity index (χ3n) is 4.49. The molecule has 0 fully saturated rings. The Morgan fingerprint density at radius 1 is 0.778 bits per heavy atom. The zero-order chi connectivity index (χ0) is 18.8. The molecule has 0 saturated heterocycles. The highest BCUT2D eigenvalue weighted by Crippen LogP contribution is 2.31. The normalized spacial score (nSPS) is 12.8. The third kappa shape index (κ3) is 3.11. The largest absolute Gasteiger partial charge is 0.429 e. The maximum Gasteiger partial charge on any atom is 0.298 e. The fourth-order valence-corrected chi connectivity index (χ4v) is 3.18. The van der Waals surface area contributed by atoms with Crippen molar-refractivity contribution in [3.8, 4) is 5.75 Å². The Kier molecular flexibility index (Phi) is 4.26. The highest BCUT2D eigenvalue weighted by molar-refractivity contribution is 6.34. The van der Waals surface area contributed by atoms with Crippen LogP contribution in [-0.4, -0.2) is 18.3 Å². The summed E-state index contributed by atoms with van der Waals surface area (Å²) in [5, 5.41) is 0. The van der Waals surface area contributed by atoms with Gasteiger partial charge in [-0.25, -0.2) is 4.90 Å². The Morgan fingerprint density at radius 2 is 1.44 bits per heavy atom. The van der Waals surface area contributed by atoms with Gasteiger partial charge in [0.2, 0.25) is 0 Å². The first-order valence-electron chi connectivity index (χ1n) is 8.43. The predicted molar refractivity (Wildman–Crippen MR) is 100.0 cm³/mol. The topological polar surface area (TPSA) is 63.7 Å². The molecular weight excluding hydrogens is 342 g/mol. The van der Waals surface area contributed by atoms with Crippen LogP contribution in [0.2, 0.25) is 0 Å². The van der Waals surface area contributed by atoms with E-state index in [1.807, 2.05) is 30.3 Å². The van der Waals surface area contributed by atoms with Crippen molar-refractivity contribution in [3.63, 3.8) is 0 Å². The van der Waals surface area contributed by atoms with Crippen molar-refractivity contribution in [1.29, 1.82) is 0 Å². The summed E-state index contributed by atoms with van der Waals surface area (Å²) >= 11 is 0. The zero-order valence-electron chi connectivity index (χ0n) is 14.3. The predicted octanol–water partition coefficient (Wildman–Crippen LogP) is 3.61. The summed E-state index contributed by atoms with van der Waals surface area (Å²) in [6, 6.07) is 21.8. The van der Waals surface area contributed by atoms with E-state index in [9.17, 15) is 14.4 Å². The van der Waals surface area contributed by atoms with Crippen LogP contribution in [0.4, 0.5) is 5.69 Å². The fourth-order valence-electron chi connectivity index (χ4n) is 3.18. The average Bonchev–Trinajstić information content (AvgIpc) is 2.94. The summed E-state index contributed by atoms with van der Waals surface area (Å²) in [6.45, 7) is 0.284. The van der Waals surface area contributed by atoms with Crippen molar-refractivity contribution in [2.45, 2.75) is 6.42 Å². The lowest BCUT2D eigenvalue weighted by Crippen LogP contribution is -2.29. The van der Waals surface area contributed by atoms with Crippen molar-refractivity contribution in [2.75, 3.05) is 4.90 Å². The third-order valence-corrected chi connectivity index (χ3v) is 4.49. The number of benzene rings is 3. The van der Waals surface area contributed by atoms with Gasteiger partial charge in [-0.2, -0.15) is 0 Å². The number of rotatable bonds is 5. The summed E-state index contributed by atoms with van der Waals surface area (Å²) in [5.41, 5.74) is 3.31. The lowest BCUT2D eigenvalue weighted by atomic mass is 10.0. The van der Waals surface area contributed by atoms with Crippen LogP contribution in [0.15, 0.2) is 72.8 Å². The van der Waals surface area contributed by atoms with Gasteiger partial charge in [0.1, 0.15) is 5.75 Å². The maximum absolute atomic E-state index is 12.7. The van der Waals surface area contributed by atoms with Gasteiger partial charge < -0.3 is 4.74 Å². The second-order valence-electron chi connectivity index (χ2n) is 6.20. The van der Waals surface area contributed by atoms with E-state index in [0.717, 1.165) is 16.9 Å². The average molecular weight is 357 g/mol. The fraction of sp³-hybridized carbons (Fsp3) is 0.0455. The second-order valence-corrected chi connectivity index (χ2v) is 6.20. The molecule has 3 aromatic rings. The summed E-state index contributed by atoms with van der Waals surface area (Å²) in [4.78, 5) is 37.0. The molecular formula is C22H15NO4. The van der Waals surface area contributed by atoms with Gasteiger partial charge in [-0.3, -0.25) is 14.4 Å². The first-order chi connectivity index (χ1) is 13.2. The molecule has 1 aliphatic rings. The van der Waals surface area contributed by atoms with Crippen LogP contribution >= 0.6 is 0 Å². The smallest absolute Gasteiger partial charge is 0.298 e. The molecule has 4 rings (SSSR count). The minimum atomic E-state index is -0.429. The lowest BCUT2D eigenvalue weighted by molar-refractivity contribution is -0.120. The van der Waals surface area contributed by atoms with E-state index >= 15 is 0 Å². The number of hydrogen-bond acceptors (Lipinski definition) is 4. The molecule has 0 bridgehead atoms. The molecule has 5 nitrogen and oxygen atoms in total. The van der Waals surface area contributed by atoms with E-state index in [4.69, 9.17) is 4.74 Å². The van der Waals surface area contributed by atoms with E-state index in [1.165, 1.54) is 23.8 Å². The van der Waals surface area contributed by atoms with Crippen molar-refractivity contribution < 1.29 is 19.1 Å². The van der Waals surface area contributed by atoms with Crippen molar-refractivity contribution in [2.24, 2.45) is 0 Å². The monoisotopic (exact) mass is 357 g/mol. The van der Waals surface area contributed by atoms with Gasteiger partial charge in [0, 0.05) is 0 Å². The molecule has 2 amide bonds. The van der Waals surface area contributed by atoms with Crippen LogP contribution in [0.25, 0.3) is 0 Å². The Bertz CT molecular complexity index is 1030. The van der Waals surface area contributed by atoms with E-state index in [2.05, 4.69) is 12.1 Å². The number of imide groups is 1. The SMILES string of the molecule is O=COc1ccc2c(c1)C(=O)N(c1ccc(Cc3ccccc3)cc1)C2=O. The van der Waals surface area contributed by atoms with Gasteiger partial charge in [0.25, 0.3) is 18.3 Å². The van der Waals surface area contributed by atoms with Crippen molar-refractivity contribution >= 4 is 24.0 Å². The molecule has 0 unspecified atom stereocenters. The van der Waals surface area contributed by atoms with Crippen LogP contribution in [0.1, 0.15) is 31.8 Å². The molecule has 132 valence electrons. The number of carbonyl (C=O) groups is 3. The molecule has 1 heterocycles. The minimum Gasteiger partial charge on any atom is -0.429 e. The van der Waals surface area contributed by atoms with Gasteiger partial charge >= 0.3 is 0 Å². The highest BCUT2D eigenvalue weighted by Gasteiger charge is 2.36. The number of fused-ring (bicyclic) bond motifs is 1. The van der Waals surface area contributed by atoms with Gasteiger partial charge in [-0.15, -0.1) is 0 Å². The van der Waals surface area contributed by atoms with E-state index < -0.39 is 5.91 Å². The summed E-state index contributed by atoms with van der Waals surface area (Å²) < 4.78 is 4.77. The van der Waals surface area contributed by atoms with Crippen molar-refractivity contribution in [3.05, 3.63) is 95.1 Å². The molecule has 0 spiro atoms. The molecule has 5 heteroatoms.